The van der Waals surface area contributed by atoms with Gasteiger partial charge in [-0.1, -0.05) is 12.1 Å². The van der Waals surface area contributed by atoms with Gasteiger partial charge in [-0.2, -0.15) is 5.10 Å². The molecule has 6 nitrogen and oxygen atoms in total. The summed E-state index contributed by atoms with van der Waals surface area (Å²) >= 11 is 0. The van der Waals surface area contributed by atoms with Crippen molar-refractivity contribution in [2.75, 3.05) is 0 Å². The normalized spacial score (nSPS) is 12.3. The van der Waals surface area contributed by atoms with Crippen molar-refractivity contribution in [2.45, 2.75) is 26.1 Å². The third-order valence-electron chi connectivity index (χ3n) is 4.04. The Morgan fingerprint density at radius 3 is 2.62 bits per heavy atom. The maximum atomic E-state index is 5.78. The van der Waals surface area contributed by atoms with Crippen LogP contribution in [0.3, 0.4) is 0 Å². The van der Waals surface area contributed by atoms with Crippen LogP contribution in [0.5, 0.6) is 5.75 Å². The lowest BCUT2D eigenvalue weighted by molar-refractivity contribution is 0.291. The summed E-state index contributed by atoms with van der Waals surface area (Å²) in [4.78, 5) is 4.25. The molecular formula is C18H23N5O. The van der Waals surface area contributed by atoms with Crippen molar-refractivity contribution in [2.24, 2.45) is 14.1 Å². The summed E-state index contributed by atoms with van der Waals surface area (Å²) in [5.41, 5.74) is 2.41. The first-order valence-electron chi connectivity index (χ1n) is 8.01. The number of imidazole rings is 1. The van der Waals surface area contributed by atoms with Gasteiger partial charge in [0.05, 0.1) is 6.20 Å². The molecule has 1 N–H and O–H groups in total. The zero-order chi connectivity index (χ0) is 16.9. The molecule has 0 fully saturated rings. The SMILES string of the molecule is C[C@@H](NCc1cnn(C)c1)c1ccc(OCc2nccn2C)cc1. The van der Waals surface area contributed by atoms with Gasteiger partial charge in [0.15, 0.2) is 0 Å². The summed E-state index contributed by atoms with van der Waals surface area (Å²) in [5, 5.41) is 7.68. The second-order valence-electron chi connectivity index (χ2n) is 5.94. The van der Waals surface area contributed by atoms with E-state index in [9.17, 15) is 0 Å². The number of ether oxygens (including phenoxy) is 1. The summed E-state index contributed by atoms with van der Waals surface area (Å²) < 4.78 is 9.56. The van der Waals surface area contributed by atoms with Crippen LogP contribution in [0.15, 0.2) is 49.1 Å². The van der Waals surface area contributed by atoms with Crippen LogP contribution in [0.25, 0.3) is 0 Å². The van der Waals surface area contributed by atoms with Crippen molar-refractivity contribution < 1.29 is 4.74 Å². The minimum atomic E-state index is 0.258. The molecule has 2 heterocycles. The van der Waals surface area contributed by atoms with E-state index in [-0.39, 0.29) is 6.04 Å². The van der Waals surface area contributed by atoms with E-state index in [4.69, 9.17) is 4.74 Å². The Hall–Kier alpha value is -2.60. The first-order valence-corrected chi connectivity index (χ1v) is 8.01. The highest BCUT2D eigenvalue weighted by atomic mass is 16.5. The van der Waals surface area contributed by atoms with E-state index in [1.54, 1.807) is 6.20 Å². The summed E-state index contributed by atoms with van der Waals surface area (Å²) in [7, 11) is 3.89. The highest BCUT2D eigenvalue weighted by molar-refractivity contribution is 5.29. The van der Waals surface area contributed by atoms with Crippen LogP contribution in [-0.4, -0.2) is 19.3 Å². The van der Waals surface area contributed by atoms with Gasteiger partial charge < -0.3 is 14.6 Å². The second kappa shape index (κ2) is 7.31. The molecule has 0 bridgehead atoms. The monoisotopic (exact) mass is 325 g/mol. The molecule has 0 unspecified atom stereocenters. The molecule has 126 valence electrons. The standard InChI is InChI=1S/C18H23N5O/c1-14(20-10-15-11-21-23(3)12-15)16-4-6-17(7-5-16)24-13-18-19-8-9-22(18)2/h4-9,11-12,14,20H,10,13H2,1-3H3/t14-/m1/s1. The highest BCUT2D eigenvalue weighted by Gasteiger charge is 2.07. The van der Waals surface area contributed by atoms with E-state index >= 15 is 0 Å². The molecule has 0 amide bonds. The molecule has 0 aliphatic rings. The molecule has 0 saturated heterocycles. The predicted molar refractivity (Wildman–Crippen MR) is 92.4 cm³/mol. The third-order valence-corrected chi connectivity index (χ3v) is 4.04. The Labute approximate surface area is 142 Å². The highest BCUT2D eigenvalue weighted by Crippen LogP contribution is 2.18. The number of nitrogens with one attached hydrogen (secondary N) is 1. The molecule has 3 rings (SSSR count). The number of hydrogen-bond donors (Lipinski definition) is 1. The van der Waals surface area contributed by atoms with E-state index < -0.39 is 0 Å². The van der Waals surface area contributed by atoms with Crippen molar-refractivity contribution >= 4 is 0 Å². The molecule has 1 aromatic carbocycles. The number of benzene rings is 1. The molecule has 0 saturated carbocycles. The lowest BCUT2D eigenvalue weighted by Crippen LogP contribution is -2.17. The molecule has 1 atom stereocenters. The Kier molecular flexibility index (Phi) is 4.96. The van der Waals surface area contributed by atoms with Crippen molar-refractivity contribution in [1.29, 1.82) is 0 Å². The first kappa shape index (κ1) is 16.3. The topological polar surface area (TPSA) is 56.9 Å². The Bertz CT molecular complexity index is 775. The van der Waals surface area contributed by atoms with Crippen LogP contribution in [0.1, 0.15) is 29.9 Å². The molecule has 6 heteroatoms. The maximum Gasteiger partial charge on any atom is 0.146 e. The van der Waals surface area contributed by atoms with Gasteiger partial charge in [0.2, 0.25) is 0 Å². The van der Waals surface area contributed by atoms with E-state index in [2.05, 4.69) is 34.5 Å². The minimum Gasteiger partial charge on any atom is -0.486 e. The fraction of sp³-hybridized carbons (Fsp3) is 0.333. The summed E-state index contributed by atoms with van der Waals surface area (Å²) in [6.45, 7) is 3.42. The largest absolute Gasteiger partial charge is 0.486 e. The molecule has 24 heavy (non-hydrogen) atoms. The first-order chi connectivity index (χ1) is 11.6. The van der Waals surface area contributed by atoms with Gasteiger partial charge in [0.1, 0.15) is 18.2 Å². The number of nitrogens with zero attached hydrogens (tertiary/aromatic N) is 4. The molecular weight excluding hydrogens is 302 g/mol. The molecule has 0 spiro atoms. The Morgan fingerprint density at radius 2 is 2.00 bits per heavy atom. The van der Waals surface area contributed by atoms with Crippen molar-refractivity contribution in [3.63, 3.8) is 0 Å². The van der Waals surface area contributed by atoms with E-state index in [0.29, 0.717) is 6.61 Å². The number of aromatic nitrogens is 4. The minimum absolute atomic E-state index is 0.258. The van der Waals surface area contributed by atoms with Crippen molar-refractivity contribution in [1.82, 2.24) is 24.6 Å². The van der Waals surface area contributed by atoms with Crippen LogP contribution in [-0.2, 0) is 27.2 Å². The Balaban J connectivity index is 1.52. The van der Waals surface area contributed by atoms with E-state index in [0.717, 1.165) is 18.1 Å². The lowest BCUT2D eigenvalue weighted by atomic mass is 10.1. The van der Waals surface area contributed by atoms with Crippen molar-refractivity contribution in [3.8, 4) is 5.75 Å². The average molecular weight is 325 g/mol. The van der Waals surface area contributed by atoms with Gasteiger partial charge in [0.25, 0.3) is 0 Å². The van der Waals surface area contributed by atoms with Gasteiger partial charge in [-0.3, -0.25) is 4.68 Å². The van der Waals surface area contributed by atoms with Crippen molar-refractivity contribution in [3.05, 3.63) is 66.0 Å². The smallest absolute Gasteiger partial charge is 0.146 e. The molecule has 0 aliphatic heterocycles. The number of aryl methyl sites for hydroxylation is 2. The zero-order valence-corrected chi connectivity index (χ0v) is 14.3. The van der Waals surface area contributed by atoms with Crippen LogP contribution < -0.4 is 10.1 Å². The fourth-order valence-corrected chi connectivity index (χ4v) is 2.49. The number of rotatable bonds is 7. The maximum absolute atomic E-state index is 5.78. The summed E-state index contributed by atoms with van der Waals surface area (Å²) in [6.07, 6.45) is 7.59. The molecule has 2 aromatic heterocycles. The number of hydrogen-bond acceptors (Lipinski definition) is 4. The van der Waals surface area contributed by atoms with Crippen LogP contribution in [0, 0.1) is 0 Å². The quantitative estimate of drug-likeness (QED) is 0.725. The Morgan fingerprint density at radius 1 is 1.21 bits per heavy atom. The van der Waals surface area contributed by atoms with Gasteiger partial charge in [-0.15, -0.1) is 0 Å². The third kappa shape index (κ3) is 4.02. The predicted octanol–water partition coefficient (Wildman–Crippen LogP) is 2.58. The molecule has 0 aliphatic carbocycles. The molecule has 3 aromatic rings. The van der Waals surface area contributed by atoms with E-state index in [1.807, 2.05) is 54.1 Å². The van der Waals surface area contributed by atoms with Gasteiger partial charge in [-0.05, 0) is 24.6 Å². The lowest BCUT2D eigenvalue weighted by Gasteiger charge is -2.14. The second-order valence-corrected chi connectivity index (χ2v) is 5.94. The summed E-state index contributed by atoms with van der Waals surface area (Å²) in [6, 6.07) is 8.44. The van der Waals surface area contributed by atoms with E-state index in [1.165, 1.54) is 11.1 Å². The van der Waals surface area contributed by atoms with Gasteiger partial charge >= 0.3 is 0 Å². The average Bonchev–Trinajstić information content (AvgIpc) is 3.19. The zero-order valence-electron chi connectivity index (χ0n) is 14.3. The van der Waals surface area contributed by atoms with Crippen LogP contribution >= 0.6 is 0 Å². The summed E-state index contributed by atoms with van der Waals surface area (Å²) in [5.74, 6) is 1.76. The van der Waals surface area contributed by atoms with Gasteiger partial charge in [0, 0.05) is 50.8 Å². The fourth-order valence-electron chi connectivity index (χ4n) is 2.49. The van der Waals surface area contributed by atoms with Gasteiger partial charge in [-0.25, -0.2) is 4.98 Å². The van der Waals surface area contributed by atoms with Crippen LogP contribution in [0.2, 0.25) is 0 Å². The van der Waals surface area contributed by atoms with Crippen LogP contribution in [0.4, 0.5) is 0 Å². The molecule has 0 radical (unpaired) electrons.